The molecule has 0 spiro atoms. The molecule has 4 aromatic heterocycles. The predicted molar refractivity (Wildman–Crippen MR) is 105 cm³/mol. The molecule has 1 aliphatic heterocycles. The van der Waals surface area contributed by atoms with Gasteiger partial charge in [0.1, 0.15) is 5.82 Å². The monoisotopic (exact) mass is 427 g/mol. The molecule has 5 heterocycles. The van der Waals surface area contributed by atoms with Crippen molar-refractivity contribution in [1.29, 1.82) is 0 Å². The number of anilines is 2. The van der Waals surface area contributed by atoms with Crippen molar-refractivity contribution < 1.29 is 13.2 Å². The lowest BCUT2D eigenvalue weighted by molar-refractivity contribution is -0.146. The fourth-order valence-corrected chi connectivity index (χ4v) is 3.44. The molecule has 158 valence electrons. The fraction of sp³-hybridized carbons (Fsp3) is 0.263. The number of aromatic nitrogens is 7. The Morgan fingerprint density at radius 2 is 1.68 bits per heavy atom. The number of pyridine rings is 1. The van der Waals surface area contributed by atoms with Gasteiger partial charge in [-0.05, 0) is 30.3 Å². The molecule has 12 heteroatoms. The summed E-state index contributed by atoms with van der Waals surface area (Å²) in [6.45, 7) is 2.32. The molecule has 0 aliphatic carbocycles. The van der Waals surface area contributed by atoms with E-state index in [-0.39, 0.29) is 5.65 Å². The molecule has 0 radical (unpaired) electrons. The van der Waals surface area contributed by atoms with E-state index in [1.807, 2.05) is 28.0 Å². The van der Waals surface area contributed by atoms with Gasteiger partial charge in [0.05, 0.1) is 5.69 Å². The predicted octanol–water partition coefficient (Wildman–Crippen LogP) is 2.32. The van der Waals surface area contributed by atoms with Gasteiger partial charge in [0.15, 0.2) is 5.65 Å². The smallest absolute Gasteiger partial charge is 0.352 e. The van der Waals surface area contributed by atoms with E-state index in [1.165, 1.54) is 6.07 Å². The average Bonchev–Trinajstić information content (AvgIpc) is 3.24. The summed E-state index contributed by atoms with van der Waals surface area (Å²) in [6, 6.07) is 8.74. The maximum atomic E-state index is 13.1. The molecule has 0 amide bonds. The quantitative estimate of drug-likeness (QED) is 0.492. The zero-order chi connectivity index (χ0) is 21.4. The Bertz CT molecular complexity index is 1200. The third-order valence-corrected chi connectivity index (χ3v) is 4.99. The van der Waals surface area contributed by atoms with Crippen molar-refractivity contribution in [1.82, 2.24) is 34.8 Å². The molecule has 5 rings (SSSR count). The normalized spacial score (nSPS) is 14.9. The van der Waals surface area contributed by atoms with Gasteiger partial charge in [0.2, 0.25) is 5.95 Å². The van der Waals surface area contributed by atoms with Gasteiger partial charge < -0.3 is 9.80 Å². The minimum absolute atomic E-state index is 0.0512. The highest BCUT2D eigenvalue weighted by Gasteiger charge is 2.38. The molecular weight excluding hydrogens is 411 g/mol. The van der Waals surface area contributed by atoms with Gasteiger partial charge in [-0.1, -0.05) is 0 Å². The van der Waals surface area contributed by atoms with Crippen molar-refractivity contribution in [2.45, 2.75) is 6.18 Å². The lowest BCUT2D eigenvalue weighted by Gasteiger charge is -2.35. The van der Waals surface area contributed by atoms with E-state index in [2.05, 4.69) is 30.2 Å². The maximum Gasteiger partial charge on any atom is 0.453 e. The molecule has 1 aliphatic rings. The number of fused-ring (bicyclic) bond motifs is 1. The highest BCUT2D eigenvalue weighted by Crippen LogP contribution is 2.28. The SMILES string of the molecule is FC(F)(F)c1nnc2ccc(N3CCN(c4nccc(-c5cccnc5)n4)CC3)nn12. The number of hydrogen-bond donors (Lipinski definition) is 0. The summed E-state index contributed by atoms with van der Waals surface area (Å²) in [7, 11) is 0. The third-order valence-electron chi connectivity index (χ3n) is 4.99. The first-order chi connectivity index (χ1) is 15.0. The Morgan fingerprint density at radius 1 is 0.871 bits per heavy atom. The molecule has 0 N–H and O–H groups in total. The van der Waals surface area contributed by atoms with Gasteiger partial charge >= 0.3 is 6.18 Å². The second kappa shape index (κ2) is 7.45. The van der Waals surface area contributed by atoms with Gasteiger partial charge in [-0.25, -0.2) is 9.97 Å². The van der Waals surface area contributed by atoms with Crippen LogP contribution in [-0.4, -0.2) is 60.9 Å². The minimum Gasteiger partial charge on any atom is -0.352 e. The van der Waals surface area contributed by atoms with Crippen molar-refractivity contribution in [2.24, 2.45) is 0 Å². The summed E-state index contributed by atoms with van der Waals surface area (Å²) < 4.78 is 40.1. The van der Waals surface area contributed by atoms with Gasteiger partial charge in [-0.2, -0.15) is 17.7 Å². The second-order valence-corrected chi connectivity index (χ2v) is 6.94. The van der Waals surface area contributed by atoms with Crippen LogP contribution in [0.25, 0.3) is 16.9 Å². The summed E-state index contributed by atoms with van der Waals surface area (Å²) in [4.78, 5) is 17.1. The first-order valence-corrected chi connectivity index (χ1v) is 9.52. The van der Waals surface area contributed by atoms with Crippen molar-refractivity contribution in [2.75, 3.05) is 36.0 Å². The van der Waals surface area contributed by atoms with Crippen LogP contribution >= 0.6 is 0 Å². The van der Waals surface area contributed by atoms with Gasteiger partial charge in [0.25, 0.3) is 5.82 Å². The lowest BCUT2D eigenvalue weighted by Crippen LogP contribution is -2.47. The van der Waals surface area contributed by atoms with Crippen molar-refractivity contribution in [3.05, 3.63) is 54.7 Å². The van der Waals surface area contributed by atoms with Crippen LogP contribution in [0.3, 0.4) is 0 Å². The minimum atomic E-state index is -4.62. The van der Waals surface area contributed by atoms with Crippen LogP contribution in [0.5, 0.6) is 0 Å². The third kappa shape index (κ3) is 3.71. The highest BCUT2D eigenvalue weighted by atomic mass is 19.4. The van der Waals surface area contributed by atoms with E-state index in [0.29, 0.717) is 37.9 Å². The van der Waals surface area contributed by atoms with Crippen LogP contribution in [0.15, 0.2) is 48.9 Å². The second-order valence-electron chi connectivity index (χ2n) is 6.94. The van der Waals surface area contributed by atoms with E-state index in [4.69, 9.17) is 0 Å². The standard InChI is InChI=1S/C19H16F3N9/c20-19(21,22)17-27-26-15-3-4-16(28-31(15)17)29-8-10-30(11-9-29)18-24-7-5-14(25-18)13-2-1-6-23-12-13/h1-7,12H,8-11H2. The van der Waals surface area contributed by atoms with Gasteiger partial charge in [0, 0.05) is 50.3 Å². The first-order valence-electron chi connectivity index (χ1n) is 9.52. The topological polar surface area (TPSA) is 88.2 Å². The molecule has 0 atom stereocenters. The van der Waals surface area contributed by atoms with E-state index in [9.17, 15) is 13.2 Å². The van der Waals surface area contributed by atoms with E-state index in [1.54, 1.807) is 24.7 Å². The maximum absolute atomic E-state index is 13.1. The fourth-order valence-electron chi connectivity index (χ4n) is 3.44. The lowest BCUT2D eigenvalue weighted by atomic mass is 10.2. The Hall–Kier alpha value is -3.83. The molecule has 0 saturated carbocycles. The molecule has 0 unspecified atom stereocenters. The zero-order valence-corrected chi connectivity index (χ0v) is 16.1. The number of halogens is 3. The van der Waals surface area contributed by atoms with Crippen LogP contribution in [0.1, 0.15) is 5.82 Å². The van der Waals surface area contributed by atoms with Crippen molar-refractivity contribution >= 4 is 17.4 Å². The molecule has 0 aromatic carbocycles. The number of alkyl halides is 3. The largest absolute Gasteiger partial charge is 0.453 e. The Balaban J connectivity index is 1.33. The summed E-state index contributed by atoms with van der Waals surface area (Å²) >= 11 is 0. The number of rotatable bonds is 3. The van der Waals surface area contributed by atoms with Crippen LogP contribution in [0, 0.1) is 0 Å². The molecule has 31 heavy (non-hydrogen) atoms. The van der Waals surface area contributed by atoms with Gasteiger partial charge in [-0.15, -0.1) is 15.3 Å². The van der Waals surface area contributed by atoms with E-state index >= 15 is 0 Å². The molecule has 1 saturated heterocycles. The van der Waals surface area contributed by atoms with Gasteiger partial charge in [-0.3, -0.25) is 4.98 Å². The summed E-state index contributed by atoms with van der Waals surface area (Å²) in [5.41, 5.74) is 1.73. The number of nitrogens with zero attached hydrogens (tertiary/aromatic N) is 9. The van der Waals surface area contributed by atoms with Crippen LogP contribution < -0.4 is 9.80 Å². The average molecular weight is 427 g/mol. The van der Waals surface area contributed by atoms with E-state index in [0.717, 1.165) is 15.8 Å². The molecule has 4 aromatic rings. The van der Waals surface area contributed by atoms with E-state index < -0.39 is 12.0 Å². The van der Waals surface area contributed by atoms with Crippen molar-refractivity contribution in [3.8, 4) is 11.3 Å². The first kappa shape index (κ1) is 19.2. The Kier molecular flexibility index (Phi) is 4.60. The molecule has 1 fully saturated rings. The number of hydrogen-bond acceptors (Lipinski definition) is 8. The van der Waals surface area contributed by atoms with Crippen LogP contribution in [0.4, 0.5) is 24.9 Å². The van der Waals surface area contributed by atoms with Crippen LogP contribution in [-0.2, 0) is 6.18 Å². The molecular formula is C19H16F3N9. The summed E-state index contributed by atoms with van der Waals surface area (Å²) in [5.74, 6) is -0.103. The Morgan fingerprint density at radius 3 is 2.42 bits per heavy atom. The summed E-state index contributed by atoms with van der Waals surface area (Å²) in [6.07, 6.45) is 0.525. The van der Waals surface area contributed by atoms with Crippen molar-refractivity contribution in [3.63, 3.8) is 0 Å². The molecule has 9 nitrogen and oxygen atoms in total. The zero-order valence-electron chi connectivity index (χ0n) is 16.1. The highest BCUT2D eigenvalue weighted by molar-refractivity contribution is 5.59. The Labute approximate surface area is 174 Å². The number of piperazine rings is 1. The molecule has 0 bridgehead atoms. The van der Waals surface area contributed by atoms with Crippen LogP contribution in [0.2, 0.25) is 0 Å². The summed E-state index contributed by atoms with van der Waals surface area (Å²) in [5, 5.41) is 10.9.